The number of aliphatic hydroxyl groups excluding tert-OH is 3. The Kier molecular flexibility index (Phi) is 49.8. The van der Waals surface area contributed by atoms with Crippen molar-refractivity contribution in [2.45, 2.75) is 178 Å². The van der Waals surface area contributed by atoms with Crippen molar-refractivity contribution in [3.63, 3.8) is 0 Å². The Labute approximate surface area is 573 Å². The quantitative estimate of drug-likeness (QED) is 0.0270. The van der Waals surface area contributed by atoms with Crippen LogP contribution in [0.25, 0.3) is 0 Å². The summed E-state index contributed by atoms with van der Waals surface area (Å²) in [5, 5.41) is 68.3. The van der Waals surface area contributed by atoms with Crippen molar-refractivity contribution >= 4 is 70.9 Å². The van der Waals surface area contributed by atoms with E-state index in [2.05, 4.69) is 73.8 Å². The molecule has 0 radical (unpaired) electrons. The summed E-state index contributed by atoms with van der Waals surface area (Å²) >= 11 is 0. The number of carbonyl (C=O) groups excluding carboxylic acids is 12. The maximum atomic E-state index is 13.8. The molecule has 37 heteroatoms. The van der Waals surface area contributed by atoms with E-state index in [1.165, 1.54) is 57.8 Å². The molecule has 0 saturated carbocycles. The molecule has 1 rings (SSSR count). The second-order valence-electron chi connectivity index (χ2n) is 23.9. The third-order valence-electron chi connectivity index (χ3n) is 15.0. The fourth-order valence-corrected chi connectivity index (χ4v) is 8.98. The highest BCUT2D eigenvalue weighted by Gasteiger charge is 2.34. The number of unbranched alkanes of at least 4 members (excludes halogenated alkanes) is 12. The predicted molar refractivity (Wildman–Crippen MR) is 354 cm³/mol. The fraction of sp³-hybridized carbons (Fsp3) is 0.787. The summed E-state index contributed by atoms with van der Waals surface area (Å²) in [6.45, 7) is -0.819. The van der Waals surface area contributed by atoms with E-state index in [1.54, 1.807) is 33.1 Å². The van der Waals surface area contributed by atoms with Crippen LogP contribution in [0.5, 0.6) is 0 Å². The molecule has 1 aromatic heterocycles. The Bertz CT molecular complexity index is 2490. The Morgan fingerprint density at radius 3 is 1.29 bits per heavy atom. The number of H-pyrrole nitrogens is 1. The molecule has 0 spiro atoms. The highest BCUT2D eigenvalue weighted by Crippen LogP contribution is 2.14. The van der Waals surface area contributed by atoms with Crippen LogP contribution >= 0.6 is 0 Å². The Hall–Kier alpha value is -7.65. The third kappa shape index (κ3) is 45.0. The molecule has 98 heavy (non-hydrogen) atoms. The molecule has 18 N–H and O–H groups in total. The second-order valence-corrected chi connectivity index (χ2v) is 23.9. The number of tetrazole rings is 1. The van der Waals surface area contributed by atoms with Gasteiger partial charge in [0.15, 0.2) is 0 Å². The number of rotatable bonds is 61. The zero-order chi connectivity index (χ0) is 72.9. The maximum Gasteiger partial charge on any atom is 0.246 e. The summed E-state index contributed by atoms with van der Waals surface area (Å²) in [4.78, 5) is 157. The molecular weight excluding hydrogens is 1290 g/mol. The van der Waals surface area contributed by atoms with E-state index in [-0.39, 0.29) is 90.0 Å². The van der Waals surface area contributed by atoms with E-state index in [4.69, 9.17) is 30.4 Å². The first-order valence-electron chi connectivity index (χ1n) is 33.5. The fourth-order valence-electron chi connectivity index (χ4n) is 8.98. The topological polar surface area (TPSA) is 536 Å². The first kappa shape index (κ1) is 88.4. The van der Waals surface area contributed by atoms with Crippen LogP contribution in [0.2, 0.25) is 0 Å². The van der Waals surface area contributed by atoms with E-state index in [0.717, 1.165) is 37.9 Å². The number of primary amides is 2. The summed E-state index contributed by atoms with van der Waals surface area (Å²) in [7, 11) is 6.86. The van der Waals surface area contributed by atoms with E-state index < -0.39 is 148 Å². The smallest absolute Gasteiger partial charge is 0.246 e. The summed E-state index contributed by atoms with van der Waals surface area (Å²) < 4.78 is 21.4. The van der Waals surface area contributed by atoms with Gasteiger partial charge in [-0.3, -0.25) is 57.5 Å². The van der Waals surface area contributed by atoms with Crippen LogP contribution in [0, 0.1) is 0 Å². The van der Waals surface area contributed by atoms with Gasteiger partial charge in [-0.25, -0.2) is 5.10 Å². The SMILES string of the molecule is C[C@H](CNC(=O)[C@H](CO)NC(=O)[C@H](CCC(N)=O)NC(=O)[C@H](CCN(C)C)NC(=O)[C@H](CO)NC(=O)[C@H](CCC(N)=O)NC(=O)[C@@H](CO)NC(=O)CNC(=O)COCCOCCNC(=O)COCCOCCNC(=O)CCCCCCCCCCCCCCCc1nnn[nH]1)N(C)C. The first-order valence-corrected chi connectivity index (χ1v) is 33.5. The molecule has 12 amide bonds. The molecule has 0 saturated heterocycles. The number of nitrogens with two attached hydrogens (primary N) is 2. The minimum atomic E-state index is -1.83. The number of carbonyl (C=O) groups is 12. The highest BCUT2D eigenvalue weighted by atomic mass is 16.5. The van der Waals surface area contributed by atoms with E-state index >= 15 is 0 Å². The van der Waals surface area contributed by atoms with Crippen molar-refractivity contribution in [1.82, 2.24) is 83.6 Å². The summed E-state index contributed by atoms with van der Waals surface area (Å²) in [6.07, 6.45) is 14.9. The average molecular weight is 1400 g/mol. The predicted octanol–water partition coefficient (Wildman–Crippen LogP) is -5.95. The maximum absolute atomic E-state index is 13.8. The van der Waals surface area contributed by atoms with Gasteiger partial charge >= 0.3 is 0 Å². The molecular formula is C61H112N18O19. The Morgan fingerprint density at radius 1 is 0.449 bits per heavy atom. The molecule has 0 aliphatic rings. The standard InChI is InChI=1S/C61H112N18O19/c1-42(79(4)5)35-67-56(89)46(37-80)72-57(90)43(21-23-49(62)83)69-59(92)45(25-28-78(2)3)71-61(94)48(39-82)73-58(91)44(22-24-50(63)84)70-60(93)47(38-81)68-53(86)36-66-55(88)41-98-34-32-96-30-27-65-54(87)40-97-33-31-95-29-26-64-52(85)20-18-16-14-12-10-8-6-7-9-11-13-15-17-19-51-74-76-77-75-51/h42-48,80-82H,6-41H2,1-5H3,(H2,62,83)(H2,63,84)(H,64,85)(H,65,87)(H,66,88)(H,67,89)(H,68,86)(H,69,92)(H,70,93)(H,71,94)(H,72,90)(H,73,91)(H,74,75,76,77)/t42-,43+,44+,45+,46+,47-,48+/m1/s1. The van der Waals surface area contributed by atoms with Gasteiger partial charge in [0.25, 0.3) is 0 Å². The largest absolute Gasteiger partial charge is 0.394 e. The van der Waals surface area contributed by atoms with Crippen molar-refractivity contribution in [1.29, 1.82) is 0 Å². The van der Waals surface area contributed by atoms with Gasteiger partial charge in [-0.2, -0.15) is 0 Å². The van der Waals surface area contributed by atoms with Crippen LogP contribution in [-0.2, 0) is 82.9 Å². The number of aromatic amines is 1. The number of hydrogen-bond acceptors (Lipinski definition) is 24. The van der Waals surface area contributed by atoms with Gasteiger partial charge in [-0.1, -0.05) is 70.6 Å². The van der Waals surface area contributed by atoms with Gasteiger partial charge in [0, 0.05) is 51.4 Å². The molecule has 0 bridgehead atoms. The van der Waals surface area contributed by atoms with Crippen LogP contribution in [0.1, 0.15) is 135 Å². The number of aryl methyl sites for hydroxylation is 1. The summed E-state index contributed by atoms with van der Waals surface area (Å²) in [6, 6.07) is -9.85. The lowest BCUT2D eigenvalue weighted by molar-refractivity contribution is -0.136. The summed E-state index contributed by atoms with van der Waals surface area (Å²) in [5.41, 5.74) is 10.6. The molecule has 0 unspecified atom stereocenters. The third-order valence-corrected chi connectivity index (χ3v) is 15.0. The number of likely N-dealkylation sites (N-methyl/N-ethyl adjacent to an activating group) is 1. The van der Waals surface area contributed by atoms with E-state index in [1.807, 2.05) is 11.8 Å². The zero-order valence-electron chi connectivity index (χ0n) is 57.8. The van der Waals surface area contributed by atoms with Crippen LogP contribution in [0.15, 0.2) is 0 Å². The molecule has 0 fully saturated rings. The number of ether oxygens (including phenoxy) is 4. The number of aromatic nitrogens is 4. The van der Waals surface area contributed by atoms with Gasteiger partial charge in [-0.15, -0.1) is 5.10 Å². The zero-order valence-corrected chi connectivity index (χ0v) is 57.8. The molecule has 0 aliphatic heterocycles. The number of hydrogen-bond donors (Lipinski definition) is 16. The molecule has 37 nitrogen and oxygen atoms in total. The van der Waals surface area contributed by atoms with Crippen LogP contribution in [0.3, 0.4) is 0 Å². The second kappa shape index (κ2) is 55.3. The van der Waals surface area contributed by atoms with Crippen molar-refractivity contribution in [2.75, 3.05) is 134 Å². The van der Waals surface area contributed by atoms with E-state index in [9.17, 15) is 72.9 Å². The molecule has 0 aromatic carbocycles. The average Bonchev–Trinajstić information content (AvgIpc) is 0.954. The monoisotopic (exact) mass is 1400 g/mol. The van der Waals surface area contributed by atoms with Gasteiger partial charge in [0.2, 0.25) is 70.9 Å². The molecule has 560 valence electrons. The van der Waals surface area contributed by atoms with E-state index in [0.29, 0.717) is 19.6 Å². The molecule has 1 heterocycles. The number of nitrogens with one attached hydrogen (secondary N) is 11. The minimum Gasteiger partial charge on any atom is -0.394 e. The van der Waals surface area contributed by atoms with Crippen LogP contribution in [-0.4, -0.2) is 293 Å². The number of aliphatic hydroxyl groups is 3. The van der Waals surface area contributed by atoms with Crippen LogP contribution in [0.4, 0.5) is 0 Å². The lowest BCUT2D eigenvalue weighted by atomic mass is 10.0. The molecule has 1 aromatic rings. The van der Waals surface area contributed by atoms with Crippen molar-refractivity contribution < 1.29 is 91.8 Å². The number of nitrogens with zero attached hydrogens (tertiary/aromatic N) is 5. The first-order chi connectivity index (χ1) is 46.9. The van der Waals surface area contributed by atoms with Gasteiger partial charge < -0.3 is 109 Å². The summed E-state index contributed by atoms with van der Waals surface area (Å²) in [5.74, 6) is -9.16. The van der Waals surface area contributed by atoms with Gasteiger partial charge in [-0.05, 0) is 84.2 Å². The lowest BCUT2D eigenvalue weighted by Crippen LogP contribution is -2.61. The number of amides is 12. The lowest BCUT2D eigenvalue weighted by Gasteiger charge is -2.27. The Balaban J connectivity index is 2.43. The Morgan fingerprint density at radius 2 is 0.847 bits per heavy atom. The van der Waals surface area contributed by atoms with Crippen LogP contribution < -0.4 is 64.6 Å². The highest BCUT2D eigenvalue weighted by molar-refractivity contribution is 5.97. The van der Waals surface area contributed by atoms with Crippen molar-refractivity contribution in [3.05, 3.63) is 5.82 Å². The van der Waals surface area contributed by atoms with Gasteiger partial charge in [0.05, 0.1) is 66.0 Å². The molecule has 0 aliphatic carbocycles. The normalized spacial score (nSPS) is 13.4. The minimum absolute atomic E-state index is 0.00287. The van der Waals surface area contributed by atoms with Gasteiger partial charge in [0.1, 0.15) is 55.3 Å². The van der Waals surface area contributed by atoms with Crippen molar-refractivity contribution in [2.24, 2.45) is 11.5 Å². The van der Waals surface area contributed by atoms with Crippen molar-refractivity contribution in [3.8, 4) is 0 Å². The molecule has 7 atom stereocenters.